The van der Waals surface area contributed by atoms with Crippen LogP contribution in [0.4, 0.5) is 0 Å². The van der Waals surface area contributed by atoms with Gasteiger partial charge in [-0.2, -0.15) is 0 Å². The molecule has 0 aliphatic heterocycles. The molecule has 0 unspecified atom stereocenters. The summed E-state index contributed by atoms with van der Waals surface area (Å²) in [5, 5.41) is 0. The van der Waals surface area contributed by atoms with Crippen molar-refractivity contribution in [1.82, 2.24) is 0 Å². The Kier molecular flexibility index (Phi) is 20.6. The van der Waals surface area contributed by atoms with Gasteiger partial charge in [-0.15, -0.1) is 0 Å². The first-order chi connectivity index (χ1) is 19.3. The molecule has 0 bridgehead atoms. The van der Waals surface area contributed by atoms with E-state index in [4.69, 9.17) is 4.74 Å². The number of ether oxygens (including phenoxy) is 1. The molecule has 0 heterocycles. The third-order valence-corrected chi connectivity index (χ3v) is 8.17. The smallest absolute Gasteiger partial charge is 0.127 e. The minimum Gasteiger partial charge on any atom is -0.457 e. The Labute approximate surface area is 243 Å². The molecule has 0 radical (unpaired) electrons. The van der Waals surface area contributed by atoms with Crippen LogP contribution < -0.4 is 4.74 Å². The van der Waals surface area contributed by atoms with Crippen LogP contribution in [-0.4, -0.2) is 0 Å². The summed E-state index contributed by atoms with van der Waals surface area (Å²) in [5.74, 6) is 1.95. The quantitative estimate of drug-likeness (QED) is 0.109. The van der Waals surface area contributed by atoms with Gasteiger partial charge in [0.15, 0.2) is 0 Å². The topological polar surface area (TPSA) is 9.23 Å². The van der Waals surface area contributed by atoms with E-state index in [0.29, 0.717) is 0 Å². The third-order valence-electron chi connectivity index (χ3n) is 8.17. The van der Waals surface area contributed by atoms with Gasteiger partial charge in [-0.3, -0.25) is 0 Å². The Morgan fingerprint density at radius 2 is 0.692 bits per heavy atom. The van der Waals surface area contributed by atoms with E-state index in [2.05, 4.69) is 62.4 Å². The average Bonchev–Trinajstić information content (AvgIpc) is 2.95. The van der Waals surface area contributed by atoms with Gasteiger partial charge in [0.1, 0.15) is 11.5 Å². The van der Waals surface area contributed by atoms with Crippen LogP contribution in [0, 0.1) is 0 Å². The average molecular weight is 535 g/mol. The lowest BCUT2D eigenvalue weighted by Crippen LogP contribution is -1.91. The van der Waals surface area contributed by atoms with Crippen molar-refractivity contribution in [3.05, 3.63) is 59.7 Å². The highest BCUT2D eigenvalue weighted by molar-refractivity contribution is 5.36. The van der Waals surface area contributed by atoms with Gasteiger partial charge < -0.3 is 4.74 Å². The van der Waals surface area contributed by atoms with Crippen molar-refractivity contribution in [3.63, 3.8) is 0 Å². The number of benzene rings is 2. The highest BCUT2D eigenvalue weighted by Gasteiger charge is 2.03. The van der Waals surface area contributed by atoms with E-state index in [0.717, 1.165) is 24.3 Å². The maximum Gasteiger partial charge on any atom is 0.127 e. The van der Waals surface area contributed by atoms with Crippen LogP contribution in [0.3, 0.4) is 0 Å². The van der Waals surface area contributed by atoms with Gasteiger partial charge in [-0.25, -0.2) is 0 Å². The van der Waals surface area contributed by atoms with Crippen molar-refractivity contribution in [1.29, 1.82) is 0 Å². The first kappa shape index (κ1) is 33.4. The van der Waals surface area contributed by atoms with Gasteiger partial charge in [0.05, 0.1) is 0 Å². The Bertz CT molecular complexity index is 742. The largest absolute Gasteiger partial charge is 0.457 e. The zero-order valence-electron chi connectivity index (χ0n) is 26.0. The molecular formula is C38H62O. The van der Waals surface area contributed by atoms with Gasteiger partial charge in [-0.05, 0) is 61.1 Å². The van der Waals surface area contributed by atoms with Crippen molar-refractivity contribution >= 4 is 0 Å². The Morgan fingerprint density at radius 1 is 0.385 bits per heavy atom. The normalized spacial score (nSPS) is 11.2. The molecule has 0 aliphatic rings. The fraction of sp³-hybridized carbons (Fsp3) is 0.684. The molecule has 1 heteroatoms. The molecule has 220 valence electrons. The first-order valence-electron chi connectivity index (χ1n) is 17.2. The molecule has 0 amide bonds. The fourth-order valence-electron chi connectivity index (χ4n) is 5.65. The van der Waals surface area contributed by atoms with Crippen LogP contribution >= 0.6 is 0 Å². The predicted molar refractivity (Wildman–Crippen MR) is 173 cm³/mol. The Morgan fingerprint density at radius 3 is 1.03 bits per heavy atom. The lowest BCUT2D eigenvalue weighted by atomic mass is 10.0. The monoisotopic (exact) mass is 534 g/mol. The predicted octanol–water partition coefficient (Wildman–Crippen LogP) is 13.2. The number of unbranched alkanes of at least 4 members (excludes halogenated alkanes) is 20. The zero-order chi connectivity index (χ0) is 27.6. The van der Waals surface area contributed by atoms with Gasteiger partial charge in [0, 0.05) is 0 Å². The molecule has 0 saturated heterocycles. The standard InChI is InChI=1S/C38H62O/c1-3-5-7-9-11-13-15-17-19-21-23-27-35-29-25-31-37(33-35)39-38-32-26-30-36(34-38)28-24-22-20-18-16-14-12-10-8-6-4-2/h25-26,29-34H,3-24,27-28H2,1-2H3. The summed E-state index contributed by atoms with van der Waals surface area (Å²) in [7, 11) is 0. The highest BCUT2D eigenvalue weighted by Crippen LogP contribution is 2.25. The second-order valence-electron chi connectivity index (χ2n) is 12.0. The lowest BCUT2D eigenvalue weighted by Gasteiger charge is -2.10. The van der Waals surface area contributed by atoms with Crippen LogP contribution in [0.25, 0.3) is 0 Å². The van der Waals surface area contributed by atoms with Gasteiger partial charge >= 0.3 is 0 Å². The summed E-state index contributed by atoms with van der Waals surface area (Å²) in [6, 6.07) is 17.5. The summed E-state index contributed by atoms with van der Waals surface area (Å²) < 4.78 is 6.27. The van der Waals surface area contributed by atoms with E-state index in [1.54, 1.807) is 0 Å². The molecular weight excluding hydrogens is 472 g/mol. The number of hydrogen-bond donors (Lipinski definition) is 0. The van der Waals surface area contributed by atoms with Crippen LogP contribution in [-0.2, 0) is 12.8 Å². The zero-order valence-corrected chi connectivity index (χ0v) is 26.0. The molecule has 0 atom stereocenters. The minimum absolute atomic E-state index is 0.974. The molecule has 39 heavy (non-hydrogen) atoms. The molecule has 1 nitrogen and oxygen atoms in total. The summed E-state index contributed by atoms with van der Waals surface area (Å²) >= 11 is 0. The van der Waals surface area contributed by atoms with E-state index in [1.807, 2.05) is 0 Å². The van der Waals surface area contributed by atoms with Crippen molar-refractivity contribution in [2.75, 3.05) is 0 Å². The van der Waals surface area contributed by atoms with Crippen molar-refractivity contribution in [2.45, 2.75) is 168 Å². The van der Waals surface area contributed by atoms with Crippen molar-refractivity contribution in [2.24, 2.45) is 0 Å². The SMILES string of the molecule is CCCCCCCCCCCCCc1cccc(Oc2cccc(CCCCCCCCCCCCC)c2)c1. The van der Waals surface area contributed by atoms with Gasteiger partial charge in [0.25, 0.3) is 0 Å². The molecule has 0 saturated carbocycles. The molecule has 2 rings (SSSR count). The van der Waals surface area contributed by atoms with Crippen LogP contribution in [0.5, 0.6) is 11.5 Å². The maximum absolute atomic E-state index is 6.27. The molecule has 2 aromatic carbocycles. The number of aryl methyl sites for hydroxylation is 2. The van der Waals surface area contributed by atoms with E-state index in [1.165, 1.54) is 152 Å². The minimum atomic E-state index is 0.974. The molecule has 0 spiro atoms. The molecule has 0 fully saturated rings. The second-order valence-corrected chi connectivity index (χ2v) is 12.0. The van der Waals surface area contributed by atoms with E-state index in [9.17, 15) is 0 Å². The number of hydrogen-bond acceptors (Lipinski definition) is 1. The maximum atomic E-state index is 6.27. The second kappa shape index (κ2) is 24.1. The van der Waals surface area contributed by atoms with E-state index in [-0.39, 0.29) is 0 Å². The first-order valence-corrected chi connectivity index (χ1v) is 17.2. The van der Waals surface area contributed by atoms with Crippen molar-refractivity contribution in [3.8, 4) is 11.5 Å². The Balaban J connectivity index is 1.55. The summed E-state index contributed by atoms with van der Waals surface area (Å²) in [5.41, 5.74) is 2.81. The summed E-state index contributed by atoms with van der Waals surface area (Å²) in [6.45, 7) is 4.59. The highest BCUT2D eigenvalue weighted by atomic mass is 16.5. The Hall–Kier alpha value is -1.76. The van der Waals surface area contributed by atoms with E-state index >= 15 is 0 Å². The lowest BCUT2D eigenvalue weighted by molar-refractivity contribution is 0.480. The summed E-state index contributed by atoms with van der Waals surface area (Å²) in [6.07, 6.45) is 33.1. The fourth-order valence-corrected chi connectivity index (χ4v) is 5.65. The summed E-state index contributed by atoms with van der Waals surface area (Å²) in [4.78, 5) is 0. The molecule has 0 aliphatic carbocycles. The van der Waals surface area contributed by atoms with Crippen LogP contribution in [0.2, 0.25) is 0 Å². The van der Waals surface area contributed by atoms with Crippen LogP contribution in [0.1, 0.15) is 166 Å². The van der Waals surface area contributed by atoms with Gasteiger partial charge in [0.2, 0.25) is 0 Å². The van der Waals surface area contributed by atoms with E-state index < -0.39 is 0 Å². The van der Waals surface area contributed by atoms with Crippen LogP contribution in [0.15, 0.2) is 48.5 Å². The number of rotatable bonds is 26. The molecule has 2 aromatic rings. The molecule has 0 aromatic heterocycles. The van der Waals surface area contributed by atoms with Crippen molar-refractivity contribution < 1.29 is 4.74 Å². The molecule has 0 N–H and O–H groups in total. The third kappa shape index (κ3) is 18.3. The van der Waals surface area contributed by atoms with Gasteiger partial charge in [-0.1, -0.05) is 167 Å².